The van der Waals surface area contributed by atoms with Gasteiger partial charge in [-0.2, -0.15) is 0 Å². The summed E-state index contributed by atoms with van der Waals surface area (Å²) in [5, 5.41) is 8.94. The van der Waals surface area contributed by atoms with Crippen LogP contribution in [0.25, 0.3) is 0 Å². The number of methoxy groups -OCH3 is 1. The summed E-state index contributed by atoms with van der Waals surface area (Å²) in [5.74, 6) is 0. The number of aliphatic hydroxyl groups excluding tert-OH is 1. The van der Waals surface area contributed by atoms with Gasteiger partial charge in [-0.05, 0) is 19.3 Å². The van der Waals surface area contributed by atoms with E-state index in [9.17, 15) is 4.79 Å². The molecule has 0 aromatic heterocycles. The van der Waals surface area contributed by atoms with Crippen molar-refractivity contribution in [3.8, 4) is 0 Å². The van der Waals surface area contributed by atoms with Gasteiger partial charge in [-0.15, -0.1) is 0 Å². The lowest BCUT2D eigenvalue weighted by Crippen LogP contribution is -2.45. The van der Waals surface area contributed by atoms with E-state index in [2.05, 4.69) is 0 Å². The summed E-state index contributed by atoms with van der Waals surface area (Å²) in [5.41, 5.74) is -1.01. The van der Waals surface area contributed by atoms with Gasteiger partial charge in [-0.3, -0.25) is 0 Å². The fourth-order valence-electron chi connectivity index (χ4n) is 1.35. The van der Waals surface area contributed by atoms with Crippen LogP contribution in [0.5, 0.6) is 0 Å². The van der Waals surface area contributed by atoms with Crippen molar-refractivity contribution < 1.29 is 19.4 Å². The molecule has 0 aliphatic carbocycles. The Bertz CT molecular complexity index is 159. The molecule has 1 N–H and O–H groups in total. The number of aldehydes is 1. The molecule has 70 valence electrons. The van der Waals surface area contributed by atoms with Crippen LogP contribution in [-0.2, 0) is 14.3 Å². The number of rotatable bonds is 3. The third-order valence-electron chi connectivity index (χ3n) is 2.15. The van der Waals surface area contributed by atoms with Crippen LogP contribution < -0.4 is 0 Å². The zero-order valence-corrected chi connectivity index (χ0v) is 7.16. The molecule has 1 rings (SSSR count). The molecule has 0 aromatic rings. The zero-order chi connectivity index (χ0) is 9.03. The molecular weight excluding hydrogens is 160 g/mol. The summed E-state index contributed by atoms with van der Waals surface area (Å²) >= 11 is 0. The lowest BCUT2D eigenvalue weighted by atomic mass is 9.96. The van der Waals surface area contributed by atoms with Crippen LogP contribution in [0.15, 0.2) is 0 Å². The quantitative estimate of drug-likeness (QED) is 0.616. The summed E-state index contributed by atoms with van der Waals surface area (Å²) in [7, 11) is 1.53. The van der Waals surface area contributed by atoms with Crippen LogP contribution in [-0.4, -0.2) is 37.0 Å². The Kier molecular flexibility index (Phi) is 3.20. The van der Waals surface area contributed by atoms with Crippen LogP contribution >= 0.6 is 0 Å². The summed E-state index contributed by atoms with van der Waals surface area (Å²) in [4.78, 5) is 10.6. The molecule has 4 heteroatoms. The lowest BCUT2D eigenvalue weighted by Gasteiger charge is -2.34. The largest absolute Gasteiger partial charge is 0.393 e. The molecule has 0 aromatic carbocycles. The lowest BCUT2D eigenvalue weighted by molar-refractivity contribution is -0.225. The minimum Gasteiger partial charge on any atom is -0.393 e. The highest BCUT2D eigenvalue weighted by molar-refractivity contribution is 5.62. The predicted molar refractivity (Wildman–Crippen MR) is 41.6 cm³/mol. The van der Waals surface area contributed by atoms with Crippen LogP contribution in [0, 0.1) is 0 Å². The van der Waals surface area contributed by atoms with Gasteiger partial charge < -0.3 is 19.4 Å². The average Bonchev–Trinajstić information content (AvgIpc) is 2.18. The molecule has 2 unspecified atom stereocenters. The van der Waals surface area contributed by atoms with Crippen molar-refractivity contribution in [2.75, 3.05) is 13.7 Å². The van der Waals surface area contributed by atoms with Crippen LogP contribution in [0.2, 0.25) is 0 Å². The van der Waals surface area contributed by atoms with E-state index in [-0.39, 0.29) is 12.9 Å². The van der Waals surface area contributed by atoms with Crippen molar-refractivity contribution in [2.45, 2.75) is 31.2 Å². The highest BCUT2D eigenvalue weighted by Crippen LogP contribution is 2.26. The summed E-state index contributed by atoms with van der Waals surface area (Å²) < 4.78 is 10.2. The second kappa shape index (κ2) is 3.98. The third kappa shape index (κ3) is 1.83. The van der Waals surface area contributed by atoms with E-state index in [0.29, 0.717) is 12.7 Å². The average molecular weight is 174 g/mol. The molecule has 0 saturated carbocycles. The van der Waals surface area contributed by atoms with Crippen molar-refractivity contribution in [2.24, 2.45) is 0 Å². The minimum atomic E-state index is -1.01. The Morgan fingerprint density at radius 2 is 2.58 bits per heavy atom. The van der Waals surface area contributed by atoms with Crippen molar-refractivity contribution >= 4 is 6.29 Å². The van der Waals surface area contributed by atoms with Gasteiger partial charge in [0.2, 0.25) is 0 Å². The number of carbonyl (C=O) groups excluding carboxylic acids is 1. The van der Waals surface area contributed by atoms with Gasteiger partial charge in [-0.25, -0.2) is 0 Å². The number of hydrogen-bond donors (Lipinski definition) is 1. The van der Waals surface area contributed by atoms with Gasteiger partial charge in [0.05, 0.1) is 6.61 Å². The molecule has 1 aliphatic rings. The SMILES string of the molecule is COC1CCCC(C=O)(CO)O1. The van der Waals surface area contributed by atoms with E-state index in [1.807, 2.05) is 0 Å². The first-order chi connectivity index (χ1) is 5.76. The number of aliphatic hydroxyl groups is 1. The first kappa shape index (κ1) is 9.64. The second-order valence-corrected chi connectivity index (χ2v) is 3.02. The normalized spacial score (nSPS) is 36.3. The van der Waals surface area contributed by atoms with Crippen molar-refractivity contribution in [1.29, 1.82) is 0 Å². The zero-order valence-electron chi connectivity index (χ0n) is 7.16. The number of ether oxygens (including phenoxy) is 2. The van der Waals surface area contributed by atoms with Gasteiger partial charge in [0.1, 0.15) is 5.60 Å². The van der Waals surface area contributed by atoms with E-state index in [1.165, 1.54) is 7.11 Å². The topological polar surface area (TPSA) is 55.8 Å². The third-order valence-corrected chi connectivity index (χ3v) is 2.15. The molecule has 0 radical (unpaired) electrons. The van der Waals surface area contributed by atoms with Gasteiger partial charge in [0.25, 0.3) is 0 Å². The minimum absolute atomic E-state index is 0.268. The predicted octanol–water partition coefficient (Wildman–Crippen LogP) is 0.0894. The molecule has 2 atom stereocenters. The standard InChI is InChI=1S/C8H14O4/c1-11-7-3-2-4-8(5-9,6-10)12-7/h5,7,10H,2-4,6H2,1H3. The van der Waals surface area contributed by atoms with E-state index >= 15 is 0 Å². The molecular formula is C8H14O4. The van der Waals surface area contributed by atoms with Gasteiger partial charge in [-0.1, -0.05) is 0 Å². The van der Waals surface area contributed by atoms with E-state index in [0.717, 1.165) is 12.8 Å². The molecule has 1 fully saturated rings. The first-order valence-corrected chi connectivity index (χ1v) is 4.04. The Morgan fingerprint density at radius 1 is 1.83 bits per heavy atom. The maximum atomic E-state index is 10.6. The molecule has 0 bridgehead atoms. The second-order valence-electron chi connectivity index (χ2n) is 3.02. The highest BCUT2D eigenvalue weighted by atomic mass is 16.7. The van der Waals surface area contributed by atoms with Crippen molar-refractivity contribution in [1.82, 2.24) is 0 Å². The molecule has 1 saturated heterocycles. The smallest absolute Gasteiger partial charge is 0.158 e. The van der Waals surface area contributed by atoms with Gasteiger partial charge in [0, 0.05) is 7.11 Å². The monoisotopic (exact) mass is 174 g/mol. The number of hydrogen-bond acceptors (Lipinski definition) is 4. The summed E-state index contributed by atoms with van der Waals surface area (Å²) in [6.07, 6.45) is 2.52. The Labute approximate surface area is 71.5 Å². The van der Waals surface area contributed by atoms with Gasteiger partial charge >= 0.3 is 0 Å². The molecule has 1 heterocycles. The first-order valence-electron chi connectivity index (χ1n) is 4.04. The molecule has 0 amide bonds. The number of carbonyl (C=O) groups is 1. The Morgan fingerprint density at radius 3 is 3.08 bits per heavy atom. The Balaban J connectivity index is 2.58. The highest BCUT2D eigenvalue weighted by Gasteiger charge is 2.36. The van der Waals surface area contributed by atoms with Gasteiger partial charge in [0.15, 0.2) is 12.6 Å². The molecule has 0 spiro atoms. The van der Waals surface area contributed by atoms with Crippen LogP contribution in [0.4, 0.5) is 0 Å². The van der Waals surface area contributed by atoms with E-state index < -0.39 is 5.60 Å². The maximum absolute atomic E-state index is 10.6. The van der Waals surface area contributed by atoms with E-state index in [1.54, 1.807) is 0 Å². The van der Waals surface area contributed by atoms with Crippen molar-refractivity contribution in [3.05, 3.63) is 0 Å². The fraction of sp³-hybridized carbons (Fsp3) is 0.875. The summed E-state index contributed by atoms with van der Waals surface area (Å²) in [6, 6.07) is 0. The Hall–Kier alpha value is -0.450. The molecule has 12 heavy (non-hydrogen) atoms. The summed E-state index contributed by atoms with van der Waals surface area (Å²) in [6.45, 7) is -0.268. The van der Waals surface area contributed by atoms with Crippen molar-refractivity contribution in [3.63, 3.8) is 0 Å². The molecule has 4 nitrogen and oxygen atoms in total. The maximum Gasteiger partial charge on any atom is 0.158 e. The van der Waals surface area contributed by atoms with Crippen LogP contribution in [0.1, 0.15) is 19.3 Å². The molecule has 1 aliphatic heterocycles. The fourth-order valence-corrected chi connectivity index (χ4v) is 1.35. The van der Waals surface area contributed by atoms with Crippen LogP contribution in [0.3, 0.4) is 0 Å². The van der Waals surface area contributed by atoms with E-state index in [4.69, 9.17) is 14.6 Å².